The van der Waals surface area contributed by atoms with Gasteiger partial charge in [-0.1, -0.05) is 24.3 Å². The zero-order valence-corrected chi connectivity index (χ0v) is 15.4. The van der Waals surface area contributed by atoms with Gasteiger partial charge in [0.2, 0.25) is 11.7 Å². The number of hydrogen-bond donors (Lipinski definition) is 1. The minimum Gasteiger partial charge on any atom is -0.352 e. The van der Waals surface area contributed by atoms with Gasteiger partial charge in [0, 0.05) is 18.2 Å². The van der Waals surface area contributed by atoms with E-state index >= 15 is 0 Å². The molecule has 0 fully saturated rings. The molecule has 0 unspecified atom stereocenters. The first-order valence-electron chi connectivity index (χ1n) is 8.19. The summed E-state index contributed by atoms with van der Waals surface area (Å²) in [5.74, 6) is -0.712. The standard InChI is InChI=1S/C19H22N2O3S/c1-4-21(12-17(22)20-13(2)3)19(24)15-9-6-5-8-14(15)18(23)16-10-7-11-25-16/h5-11,13H,4,12H2,1-3H3,(H,20,22). The van der Waals surface area contributed by atoms with E-state index in [-0.39, 0.29) is 30.2 Å². The van der Waals surface area contributed by atoms with Crippen LogP contribution in [0.3, 0.4) is 0 Å². The third kappa shape index (κ3) is 4.76. The van der Waals surface area contributed by atoms with E-state index in [2.05, 4.69) is 5.32 Å². The van der Waals surface area contributed by atoms with Gasteiger partial charge in [-0.3, -0.25) is 14.4 Å². The molecule has 2 aromatic rings. The highest BCUT2D eigenvalue weighted by atomic mass is 32.1. The second-order valence-electron chi connectivity index (χ2n) is 5.89. The maximum Gasteiger partial charge on any atom is 0.255 e. The van der Waals surface area contributed by atoms with E-state index in [0.717, 1.165) is 0 Å². The Hall–Kier alpha value is -2.47. The fraction of sp³-hybridized carbons (Fsp3) is 0.316. The summed E-state index contributed by atoms with van der Waals surface area (Å²) < 4.78 is 0. The molecule has 5 nitrogen and oxygen atoms in total. The first-order chi connectivity index (χ1) is 11.9. The maximum atomic E-state index is 12.9. The Bertz CT molecular complexity index is 754. The monoisotopic (exact) mass is 358 g/mol. The summed E-state index contributed by atoms with van der Waals surface area (Å²) in [4.78, 5) is 39.6. The Morgan fingerprint density at radius 2 is 1.76 bits per heavy atom. The molecule has 1 aromatic heterocycles. The topological polar surface area (TPSA) is 66.5 Å². The van der Waals surface area contributed by atoms with E-state index in [1.54, 1.807) is 36.4 Å². The second-order valence-corrected chi connectivity index (χ2v) is 6.84. The molecule has 0 aliphatic heterocycles. The molecule has 0 aliphatic carbocycles. The molecule has 2 amide bonds. The van der Waals surface area contributed by atoms with Gasteiger partial charge in [-0.25, -0.2) is 0 Å². The number of hydrogen-bond acceptors (Lipinski definition) is 4. The van der Waals surface area contributed by atoms with E-state index in [0.29, 0.717) is 22.5 Å². The minimum absolute atomic E-state index is 0.00833. The molecule has 0 radical (unpaired) electrons. The second kappa shape index (κ2) is 8.58. The van der Waals surface area contributed by atoms with Crippen molar-refractivity contribution in [3.63, 3.8) is 0 Å². The molecule has 0 atom stereocenters. The summed E-state index contributed by atoms with van der Waals surface area (Å²) in [5.41, 5.74) is 0.678. The Balaban J connectivity index is 2.26. The smallest absolute Gasteiger partial charge is 0.255 e. The van der Waals surface area contributed by atoms with Crippen LogP contribution in [-0.4, -0.2) is 41.6 Å². The van der Waals surface area contributed by atoms with E-state index < -0.39 is 0 Å². The molecule has 0 bridgehead atoms. The van der Waals surface area contributed by atoms with Gasteiger partial charge >= 0.3 is 0 Å². The molecule has 0 saturated carbocycles. The predicted octanol–water partition coefficient (Wildman–Crippen LogP) is 2.97. The molecule has 132 valence electrons. The van der Waals surface area contributed by atoms with Crippen LogP contribution in [0.1, 0.15) is 46.4 Å². The molecule has 2 rings (SSSR count). The third-order valence-corrected chi connectivity index (χ3v) is 4.47. The van der Waals surface area contributed by atoms with Crippen LogP contribution in [0.25, 0.3) is 0 Å². The molecular weight excluding hydrogens is 336 g/mol. The van der Waals surface area contributed by atoms with Crippen molar-refractivity contribution in [2.45, 2.75) is 26.8 Å². The molecule has 1 aromatic carbocycles. The van der Waals surface area contributed by atoms with E-state index in [9.17, 15) is 14.4 Å². The fourth-order valence-corrected chi connectivity index (χ4v) is 3.12. The molecule has 0 aliphatic rings. The van der Waals surface area contributed by atoms with Gasteiger partial charge in [0.05, 0.1) is 17.0 Å². The SMILES string of the molecule is CCN(CC(=O)NC(C)C)C(=O)c1ccccc1C(=O)c1cccs1. The summed E-state index contributed by atoms with van der Waals surface area (Å²) in [5, 5.41) is 4.60. The highest BCUT2D eigenvalue weighted by Gasteiger charge is 2.23. The molecule has 1 heterocycles. The van der Waals surface area contributed by atoms with Crippen LogP contribution in [-0.2, 0) is 4.79 Å². The Morgan fingerprint density at radius 3 is 2.32 bits per heavy atom. The van der Waals surface area contributed by atoms with Crippen molar-refractivity contribution < 1.29 is 14.4 Å². The van der Waals surface area contributed by atoms with Crippen LogP contribution < -0.4 is 5.32 Å². The van der Waals surface area contributed by atoms with Crippen LogP contribution in [0, 0.1) is 0 Å². The van der Waals surface area contributed by atoms with Crippen molar-refractivity contribution in [1.82, 2.24) is 10.2 Å². The zero-order valence-electron chi connectivity index (χ0n) is 14.6. The lowest BCUT2D eigenvalue weighted by Gasteiger charge is -2.22. The van der Waals surface area contributed by atoms with Crippen molar-refractivity contribution in [1.29, 1.82) is 0 Å². The lowest BCUT2D eigenvalue weighted by atomic mass is 10.0. The Morgan fingerprint density at radius 1 is 1.08 bits per heavy atom. The Kier molecular flexibility index (Phi) is 6.47. The summed E-state index contributed by atoms with van der Waals surface area (Å²) in [6.45, 7) is 5.89. The zero-order chi connectivity index (χ0) is 18.4. The van der Waals surface area contributed by atoms with E-state index in [1.165, 1.54) is 16.2 Å². The lowest BCUT2D eigenvalue weighted by Crippen LogP contribution is -2.43. The third-order valence-electron chi connectivity index (χ3n) is 3.60. The number of carbonyl (C=O) groups excluding carboxylic acids is 3. The largest absolute Gasteiger partial charge is 0.352 e. The van der Waals surface area contributed by atoms with Gasteiger partial charge < -0.3 is 10.2 Å². The van der Waals surface area contributed by atoms with Crippen molar-refractivity contribution >= 4 is 28.9 Å². The minimum atomic E-state index is -0.318. The normalized spacial score (nSPS) is 10.6. The Labute approximate surface area is 151 Å². The number of amides is 2. The van der Waals surface area contributed by atoms with Crippen LogP contribution >= 0.6 is 11.3 Å². The maximum absolute atomic E-state index is 12.9. The van der Waals surface area contributed by atoms with Crippen LogP contribution in [0.5, 0.6) is 0 Å². The molecular formula is C19H22N2O3S. The molecule has 0 saturated heterocycles. The number of rotatable bonds is 7. The number of ketones is 1. The first kappa shape index (κ1) is 18.9. The van der Waals surface area contributed by atoms with Gasteiger partial charge in [0.1, 0.15) is 0 Å². The molecule has 1 N–H and O–H groups in total. The summed E-state index contributed by atoms with van der Waals surface area (Å²) in [6.07, 6.45) is 0. The molecule has 25 heavy (non-hydrogen) atoms. The first-order valence-corrected chi connectivity index (χ1v) is 9.07. The van der Waals surface area contributed by atoms with Crippen LogP contribution in [0.2, 0.25) is 0 Å². The van der Waals surface area contributed by atoms with Crippen LogP contribution in [0.15, 0.2) is 41.8 Å². The highest BCUT2D eigenvalue weighted by Crippen LogP contribution is 2.19. The average Bonchev–Trinajstić information content (AvgIpc) is 3.12. The summed E-state index contributed by atoms with van der Waals surface area (Å²) in [7, 11) is 0. The molecule has 6 heteroatoms. The fourth-order valence-electron chi connectivity index (χ4n) is 2.45. The summed E-state index contributed by atoms with van der Waals surface area (Å²) >= 11 is 1.34. The predicted molar refractivity (Wildman–Crippen MR) is 99.0 cm³/mol. The van der Waals surface area contributed by atoms with Crippen LogP contribution in [0.4, 0.5) is 0 Å². The number of carbonyl (C=O) groups is 3. The van der Waals surface area contributed by atoms with E-state index in [4.69, 9.17) is 0 Å². The lowest BCUT2D eigenvalue weighted by molar-refractivity contribution is -0.122. The van der Waals surface area contributed by atoms with Gasteiger partial charge in [0.15, 0.2) is 0 Å². The quantitative estimate of drug-likeness (QED) is 0.774. The average molecular weight is 358 g/mol. The van der Waals surface area contributed by atoms with Crippen molar-refractivity contribution in [3.8, 4) is 0 Å². The number of nitrogens with one attached hydrogen (secondary N) is 1. The highest BCUT2D eigenvalue weighted by molar-refractivity contribution is 7.12. The summed E-state index contributed by atoms with van der Waals surface area (Å²) in [6, 6.07) is 10.3. The number of benzene rings is 1. The van der Waals surface area contributed by atoms with Crippen molar-refractivity contribution in [3.05, 3.63) is 57.8 Å². The van der Waals surface area contributed by atoms with Crippen molar-refractivity contribution in [2.24, 2.45) is 0 Å². The van der Waals surface area contributed by atoms with E-state index in [1.807, 2.05) is 26.2 Å². The van der Waals surface area contributed by atoms with Crippen molar-refractivity contribution in [2.75, 3.05) is 13.1 Å². The van der Waals surface area contributed by atoms with Gasteiger partial charge in [-0.05, 0) is 38.3 Å². The van der Waals surface area contributed by atoms with Gasteiger partial charge in [0.25, 0.3) is 5.91 Å². The number of likely N-dealkylation sites (N-methyl/N-ethyl adjacent to an activating group) is 1. The molecule has 0 spiro atoms. The number of thiophene rings is 1. The van der Waals surface area contributed by atoms with Gasteiger partial charge in [-0.15, -0.1) is 11.3 Å². The van der Waals surface area contributed by atoms with Gasteiger partial charge in [-0.2, -0.15) is 0 Å². The number of nitrogens with zero attached hydrogens (tertiary/aromatic N) is 1.